The molecule has 3 aliphatic heterocycles. The minimum Gasteiger partial charge on any atom is -0.394 e. The van der Waals surface area contributed by atoms with Crippen molar-refractivity contribution in [1.29, 1.82) is 0 Å². The van der Waals surface area contributed by atoms with E-state index in [1.165, 1.54) is 38.5 Å². The summed E-state index contributed by atoms with van der Waals surface area (Å²) in [6.07, 6.45) is -0.562. The van der Waals surface area contributed by atoms with Gasteiger partial charge in [-0.05, 0) is 38.5 Å². The summed E-state index contributed by atoms with van der Waals surface area (Å²) in [6.45, 7) is 1.66. The molecule has 3 heterocycles. The molecule has 12 N–H and O–H groups in total. The van der Waals surface area contributed by atoms with Gasteiger partial charge >= 0.3 is 0 Å². The van der Waals surface area contributed by atoms with E-state index < -0.39 is 124 Å². The van der Waals surface area contributed by atoms with E-state index in [2.05, 4.69) is 31.3 Å². The number of allylic oxidation sites excluding steroid dienone is 2. The molecule has 17 unspecified atom stereocenters. The van der Waals surface area contributed by atoms with Gasteiger partial charge in [0.25, 0.3) is 0 Å². The minimum absolute atomic E-state index is 0.257. The van der Waals surface area contributed by atoms with Crippen LogP contribution in [0, 0.1) is 0 Å². The Kier molecular flexibility index (Phi) is 29.6. The predicted octanol–water partition coefficient (Wildman–Crippen LogP) is 1.09. The van der Waals surface area contributed by atoms with Crippen LogP contribution in [0.4, 0.5) is 0 Å². The Morgan fingerprint density at radius 3 is 1.47 bits per heavy atom. The molecule has 19 nitrogen and oxygen atoms in total. The monoisotopic (exact) mass is 954 g/mol. The Balaban J connectivity index is 1.53. The van der Waals surface area contributed by atoms with E-state index >= 15 is 0 Å². The maximum atomic E-state index is 13.1. The van der Waals surface area contributed by atoms with Crippen molar-refractivity contribution in [2.24, 2.45) is 0 Å². The van der Waals surface area contributed by atoms with Crippen LogP contribution in [0.3, 0.4) is 0 Å². The van der Waals surface area contributed by atoms with Crippen molar-refractivity contribution in [1.82, 2.24) is 5.32 Å². The molecule has 388 valence electrons. The standard InChI is InChI=1S/C47H87NO18/c1-3-5-7-9-11-12-13-14-15-16-17-18-19-21-23-25-35(53)48-30(31(52)24-22-20-10-8-6-4-2)29-61-45-41(59)38(56)43(33(27-50)63-45)66-47-42(60)39(57)44(34(28-51)64-47)65-46-40(58)37(55)36(54)32(26-49)62-46/h14-15,30-34,36-47,49-52,54-60H,3-13,16-29H2,1-2H3,(H,48,53)/b15-14-. The van der Waals surface area contributed by atoms with Crippen molar-refractivity contribution in [3.8, 4) is 0 Å². The maximum Gasteiger partial charge on any atom is 0.220 e. The SMILES string of the molecule is CCCCCCCC/C=C\CCCCCCCC(=O)NC(COC1OC(CO)C(OC2OC(CO)C(OC3OC(CO)C(O)C(O)C3O)C(O)C2O)C(O)C1O)C(O)CCCCCCCC. The van der Waals surface area contributed by atoms with Gasteiger partial charge in [0.2, 0.25) is 5.91 Å². The largest absolute Gasteiger partial charge is 0.394 e. The maximum absolute atomic E-state index is 13.1. The summed E-state index contributed by atoms with van der Waals surface area (Å²) in [5, 5.41) is 119. The van der Waals surface area contributed by atoms with E-state index in [9.17, 15) is 61.0 Å². The number of carbonyl (C=O) groups excluding carboxylic acids is 1. The minimum atomic E-state index is -1.97. The van der Waals surface area contributed by atoms with E-state index in [4.69, 9.17) is 28.4 Å². The third kappa shape index (κ3) is 19.4. The molecule has 0 aliphatic carbocycles. The lowest BCUT2D eigenvalue weighted by atomic mass is 9.96. The summed E-state index contributed by atoms with van der Waals surface area (Å²) < 4.78 is 34.0. The first-order valence-electron chi connectivity index (χ1n) is 24.9. The number of unbranched alkanes of at least 4 members (excludes halogenated alkanes) is 16. The molecule has 0 spiro atoms. The van der Waals surface area contributed by atoms with Crippen molar-refractivity contribution < 1.29 is 89.4 Å². The Hall–Kier alpha value is -1.47. The van der Waals surface area contributed by atoms with Crippen LogP contribution < -0.4 is 5.32 Å². The fourth-order valence-electron chi connectivity index (χ4n) is 8.60. The van der Waals surface area contributed by atoms with Gasteiger partial charge in [-0.1, -0.05) is 116 Å². The highest BCUT2D eigenvalue weighted by atomic mass is 16.8. The molecule has 19 heteroatoms. The highest BCUT2D eigenvalue weighted by molar-refractivity contribution is 5.76. The number of aliphatic hydroxyl groups is 11. The summed E-state index contributed by atoms with van der Waals surface area (Å²) in [7, 11) is 0. The number of ether oxygens (including phenoxy) is 6. The van der Waals surface area contributed by atoms with E-state index in [0.29, 0.717) is 12.8 Å². The van der Waals surface area contributed by atoms with Crippen molar-refractivity contribution in [2.45, 2.75) is 253 Å². The second kappa shape index (κ2) is 33.2. The van der Waals surface area contributed by atoms with Crippen LogP contribution in [0.25, 0.3) is 0 Å². The number of rotatable bonds is 34. The number of hydrogen-bond donors (Lipinski definition) is 12. The lowest BCUT2D eigenvalue weighted by molar-refractivity contribution is -0.379. The average Bonchev–Trinajstić information content (AvgIpc) is 3.31. The van der Waals surface area contributed by atoms with Crippen LogP contribution in [-0.2, 0) is 33.2 Å². The molecule has 0 radical (unpaired) electrons. The lowest BCUT2D eigenvalue weighted by Gasteiger charge is -2.48. The molecule has 3 rings (SSSR count). The number of aliphatic hydroxyl groups excluding tert-OH is 11. The Labute approximate surface area is 391 Å². The van der Waals surface area contributed by atoms with Crippen LogP contribution in [-0.4, -0.2) is 193 Å². The fourth-order valence-corrected chi connectivity index (χ4v) is 8.60. The first-order chi connectivity index (χ1) is 31.8. The van der Waals surface area contributed by atoms with Gasteiger partial charge in [-0.25, -0.2) is 0 Å². The fraction of sp³-hybridized carbons (Fsp3) is 0.936. The van der Waals surface area contributed by atoms with Crippen LogP contribution >= 0.6 is 0 Å². The van der Waals surface area contributed by atoms with Gasteiger partial charge in [-0.2, -0.15) is 0 Å². The Bertz CT molecular complexity index is 1280. The topological polar surface area (TPSA) is 307 Å². The molecular weight excluding hydrogens is 867 g/mol. The van der Waals surface area contributed by atoms with Gasteiger partial charge in [-0.3, -0.25) is 4.79 Å². The summed E-state index contributed by atoms with van der Waals surface area (Å²) in [5.41, 5.74) is 0. The van der Waals surface area contributed by atoms with Gasteiger partial charge in [0.1, 0.15) is 73.2 Å². The molecular formula is C47H87NO18. The number of amides is 1. The van der Waals surface area contributed by atoms with Gasteiger partial charge in [-0.15, -0.1) is 0 Å². The summed E-state index contributed by atoms with van der Waals surface area (Å²) in [6, 6.07) is -0.883. The molecule has 3 fully saturated rings. The quantitative estimate of drug-likeness (QED) is 0.0317. The normalized spacial score (nSPS) is 33.9. The van der Waals surface area contributed by atoms with E-state index in [1.807, 2.05) is 0 Å². The predicted molar refractivity (Wildman–Crippen MR) is 240 cm³/mol. The molecule has 3 saturated heterocycles. The second-order valence-corrected chi connectivity index (χ2v) is 18.3. The molecule has 3 aliphatic rings. The molecule has 1 amide bonds. The molecule has 66 heavy (non-hydrogen) atoms. The lowest BCUT2D eigenvalue weighted by Crippen LogP contribution is -2.66. The van der Waals surface area contributed by atoms with Gasteiger partial charge in [0, 0.05) is 6.42 Å². The average molecular weight is 954 g/mol. The van der Waals surface area contributed by atoms with Gasteiger partial charge in [0.15, 0.2) is 18.9 Å². The van der Waals surface area contributed by atoms with Crippen molar-refractivity contribution >= 4 is 5.91 Å². The molecule has 0 saturated carbocycles. The zero-order chi connectivity index (χ0) is 48.4. The summed E-state index contributed by atoms with van der Waals surface area (Å²) >= 11 is 0. The molecule has 0 aromatic heterocycles. The van der Waals surface area contributed by atoms with Gasteiger partial charge in [0.05, 0.1) is 38.6 Å². The van der Waals surface area contributed by atoms with Crippen LogP contribution in [0.15, 0.2) is 12.2 Å². The number of carbonyl (C=O) groups is 1. The van der Waals surface area contributed by atoms with E-state index in [0.717, 1.165) is 77.0 Å². The first-order valence-corrected chi connectivity index (χ1v) is 24.9. The molecule has 0 bridgehead atoms. The third-order valence-corrected chi connectivity index (χ3v) is 12.8. The second-order valence-electron chi connectivity index (χ2n) is 18.3. The van der Waals surface area contributed by atoms with Crippen LogP contribution in [0.1, 0.15) is 149 Å². The zero-order valence-corrected chi connectivity index (χ0v) is 39.4. The molecule has 17 atom stereocenters. The Morgan fingerprint density at radius 2 is 0.955 bits per heavy atom. The summed E-state index contributed by atoms with van der Waals surface area (Å²) in [4.78, 5) is 13.1. The van der Waals surface area contributed by atoms with Gasteiger partial charge < -0.3 is 89.9 Å². The van der Waals surface area contributed by atoms with Crippen molar-refractivity contribution in [3.63, 3.8) is 0 Å². The highest BCUT2D eigenvalue weighted by Gasteiger charge is 2.53. The summed E-state index contributed by atoms with van der Waals surface area (Å²) in [5.74, 6) is -0.259. The number of nitrogens with one attached hydrogen (secondary N) is 1. The van der Waals surface area contributed by atoms with Crippen molar-refractivity contribution in [2.75, 3.05) is 26.4 Å². The molecule has 0 aromatic carbocycles. The van der Waals surface area contributed by atoms with Crippen LogP contribution in [0.2, 0.25) is 0 Å². The number of hydrogen-bond acceptors (Lipinski definition) is 18. The van der Waals surface area contributed by atoms with E-state index in [1.54, 1.807) is 0 Å². The molecule has 0 aromatic rings. The van der Waals surface area contributed by atoms with Crippen LogP contribution in [0.5, 0.6) is 0 Å². The highest BCUT2D eigenvalue weighted by Crippen LogP contribution is 2.33. The third-order valence-electron chi connectivity index (χ3n) is 12.8. The Morgan fingerprint density at radius 1 is 0.530 bits per heavy atom. The smallest absolute Gasteiger partial charge is 0.220 e. The zero-order valence-electron chi connectivity index (χ0n) is 39.4. The first kappa shape index (κ1) is 58.8. The van der Waals surface area contributed by atoms with E-state index in [-0.39, 0.29) is 18.9 Å². The van der Waals surface area contributed by atoms with Crippen molar-refractivity contribution in [3.05, 3.63) is 12.2 Å².